The van der Waals surface area contributed by atoms with Gasteiger partial charge in [0.25, 0.3) is 0 Å². The number of benzene rings is 1. The van der Waals surface area contributed by atoms with Crippen LogP contribution < -0.4 is 11.1 Å². The van der Waals surface area contributed by atoms with Crippen LogP contribution in [0.25, 0.3) is 0 Å². The van der Waals surface area contributed by atoms with E-state index in [0.717, 1.165) is 5.56 Å². The van der Waals surface area contributed by atoms with E-state index in [2.05, 4.69) is 5.32 Å². The van der Waals surface area contributed by atoms with Crippen molar-refractivity contribution in [2.75, 3.05) is 5.73 Å². The maximum atomic E-state index is 11.6. The molecule has 0 aromatic heterocycles. The van der Waals surface area contributed by atoms with Gasteiger partial charge in [0.1, 0.15) is 6.04 Å². The molecule has 1 aromatic rings. The van der Waals surface area contributed by atoms with E-state index in [1.54, 1.807) is 19.1 Å². The Morgan fingerprint density at radius 2 is 1.94 bits per heavy atom. The molecule has 0 saturated carbocycles. The summed E-state index contributed by atoms with van der Waals surface area (Å²) < 4.78 is 0. The standard InChI is InChI=1S/C13H18N2O3/c1-2-11(13(17)18)15-12(16)8-5-9-3-6-10(14)7-4-9/h3-4,6-7,11H,2,5,8,14H2,1H3,(H,15,16)(H,17,18). The maximum absolute atomic E-state index is 11.6. The van der Waals surface area contributed by atoms with Gasteiger partial charge >= 0.3 is 5.97 Å². The molecular weight excluding hydrogens is 232 g/mol. The first-order valence-corrected chi connectivity index (χ1v) is 5.89. The van der Waals surface area contributed by atoms with Crippen molar-refractivity contribution in [2.24, 2.45) is 0 Å². The number of rotatable bonds is 6. The molecule has 1 aromatic carbocycles. The van der Waals surface area contributed by atoms with Gasteiger partial charge in [-0.25, -0.2) is 4.79 Å². The molecule has 1 unspecified atom stereocenters. The lowest BCUT2D eigenvalue weighted by Crippen LogP contribution is -2.40. The van der Waals surface area contributed by atoms with Gasteiger partial charge in [-0.2, -0.15) is 0 Å². The third kappa shape index (κ3) is 4.45. The Bertz CT molecular complexity index is 415. The zero-order valence-corrected chi connectivity index (χ0v) is 10.3. The zero-order chi connectivity index (χ0) is 13.5. The number of nitrogens with two attached hydrogens (primary N) is 1. The predicted molar refractivity (Wildman–Crippen MR) is 69.0 cm³/mol. The molecule has 5 heteroatoms. The molecule has 0 fully saturated rings. The van der Waals surface area contributed by atoms with Crippen LogP contribution in [-0.2, 0) is 16.0 Å². The Kier molecular flexibility index (Phi) is 5.17. The number of hydrogen-bond acceptors (Lipinski definition) is 3. The van der Waals surface area contributed by atoms with Crippen molar-refractivity contribution in [3.8, 4) is 0 Å². The second-order valence-electron chi connectivity index (χ2n) is 4.11. The molecule has 0 heterocycles. The fourth-order valence-corrected chi connectivity index (χ4v) is 1.55. The summed E-state index contributed by atoms with van der Waals surface area (Å²) in [6.07, 6.45) is 1.22. The summed E-state index contributed by atoms with van der Waals surface area (Å²) in [4.78, 5) is 22.3. The van der Waals surface area contributed by atoms with Crippen LogP contribution in [0.2, 0.25) is 0 Å². The van der Waals surface area contributed by atoms with Crippen LogP contribution in [0, 0.1) is 0 Å². The van der Waals surface area contributed by atoms with Gasteiger partial charge in [-0.05, 0) is 30.5 Å². The molecule has 1 amide bonds. The quantitative estimate of drug-likeness (QED) is 0.661. The number of carbonyl (C=O) groups excluding carboxylic acids is 1. The van der Waals surface area contributed by atoms with E-state index in [4.69, 9.17) is 10.8 Å². The topological polar surface area (TPSA) is 92.4 Å². The van der Waals surface area contributed by atoms with Crippen molar-refractivity contribution in [3.63, 3.8) is 0 Å². The Morgan fingerprint density at radius 3 is 2.44 bits per heavy atom. The van der Waals surface area contributed by atoms with Crippen LogP contribution in [-0.4, -0.2) is 23.0 Å². The summed E-state index contributed by atoms with van der Waals surface area (Å²) >= 11 is 0. The molecule has 0 spiro atoms. The summed E-state index contributed by atoms with van der Waals surface area (Å²) in [5.74, 6) is -1.25. The Balaban J connectivity index is 2.41. The number of nitrogen functional groups attached to an aromatic ring is 1. The van der Waals surface area contributed by atoms with E-state index in [1.165, 1.54) is 0 Å². The lowest BCUT2D eigenvalue weighted by Gasteiger charge is -2.12. The van der Waals surface area contributed by atoms with Gasteiger partial charge in [0.2, 0.25) is 5.91 Å². The summed E-state index contributed by atoms with van der Waals surface area (Å²) in [6, 6.07) is 6.47. The minimum atomic E-state index is -1.00. The minimum Gasteiger partial charge on any atom is -0.480 e. The number of aryl methyl sites for hydroxylation is 1. The van der Waals surface area contributed by atoms with Gasteiger partial charge in [0.05, 0.1) is 0 Å². The molecule has 5 nitrogen and oxygen atoms in total. The van der Waals surface area contributed by atoms with E-state index < -0.39 is 12.0 Å². The second kappa shape index (κ2) is 6.64. The van der Waals surface area contributed by atoms with Crippen LogP contribution in [0.4, 0.5) is 5.69 Å². The van der Waals surface area contributed by atoms with Crippen LogP contribution in [0.5, 0.6) is 0 Å². The van der Waals surface area contributed by atoms with E-state index in [-0.39, 0.29) is 12.3 Å². The number of hydrogen-bond donors (Lipinski definition) is 3. The predicted octanol–water partition coefficient (Wildman–Crippen LogP) is 1.18. The van der Waals surface area contributed by atoms with Crippen molar-refractivity contribution in [2.45, 2.75) is 32.2 Å². The number of aliphatic carboxylic acids is 1. The highest BCUT2D eigenvalue weighted by atomic mass is 16.4. The number of carboxylic acid groups (broad SMARTS) is 1. The molecule has 4 N–H and O–H groups in total. The highest BCUT2D eigenvalue weighted by Gasteiger charge is 2.16. The molecule has 1 rings (SSSR count). The Hall–Kier alpha value is -2.04. The first-order chi connectivity index (χ1) is 8.52. The number of anilines is 1. The highest BCUT2D eigenvalue weighted by Crippen LogP contribution is 2.07. The average Bonchev–Trinajstić information content (AvgIpc) is 2.35. The minimum absolute atomic E-state index is 0.249. The van der Waals surface area contributed by atoms with Gasteiger partial charge < -0.3 is 16.2 Å². The molecule has 0 radical (unpaired) electrons. The summed E-state index contributed by atoms with van der Waals surface area (Å²) in [5, 5.41) is 11.3. The van der Waals surface area contributed by atoms with Crippen molar-refractivity contribution in [1.29, 1.82) is 0 Å². The van der Waals surface area contributed by atoms with Crippen LogP contribution >= 0.6 is 0 Å². The zero-order valence-electron chi connectivity index (χ0n) is 10.3. The summed E-state index contributed by atoms with van der Waals surface area (Å²) in [7, 11) is 0. The molecule has 0 bridgehead atoms. The molecule has 0 aliphatic rings. The van der Waals surface area contributed by atoms with Crippen LogP contribution in [0.15, 0.2) is 24.3 Å². The monoisotopic (exact) mass is 250 g/mol. The fourth-order valence-electron chi connectivity index (χ4n) is 1.55. The molecule has 18 heavy (non-hydrogen) atoms. The fraction of sp³-hybridized carbons (Fsp3) is 0.385. The summed E-state index contributed by atoms with van der Waals surface area (Å²) in [5.41, 5.74) is 7.24. The van der Waals surface area contributed by atoms with Gasteiger partial charge in [0, 0.05) is 12.1 Å². The van der Waals surface area contributed by atoms with Crippen LogP contribution in [0.3, 0.4) is 0 Å². The first-order valence-electron chi connectivity index (χ1n) is 5.89. The largest absolute Gasteiger partial charge is 0.480 e. The van der Waals surface area contributed by atoms with E-state index in [0.29, 0.717) is 18.5 Å². The molecular formula is C13H18N2O3. The van der Waals surface area contributed by atoms with Gasteiger partial charge in [-0.3, -0.25) is 4.79 Å². The highest BCUT2D eigenvalue weighted by molar-refractivity contribution is 5.83. The normalized spacial score (nSPS) is 11.8. The van der Waals surface area contributed by atoms with Crippen molar-refractivity contribution in [3.05, 3.63) is 29.8 Å². The number of nitrogens with one attached hydrogen (secondary N) is 1. The van der Waals surface area contributed by atoms with Gasteiger partial charge in [-0.1, -0.05) is 19.1 Å². The Labute approximate surface area is 106 Å². The van der Waals surface area contributed by atoms with Crippen molar-refractivity contribution >= 4 is 17.6 Å². The second-order valence-corrected chi connectivity index (χ2v) is 4.11. The number of carboxylic acids is 1. The lowest BCUT2D eigenvalue weighted by molar-refractivity contribution is -0.141. The third-order valence-electron chi connectivity index (χ3n) is 2.66. The Morgan fingerprint density at radius 1 is 1.33 bits per heavy atom. The van der Waals surface area contributed by atoms with E-state index >= 15 is 0 Å². The van der Waals surface area contributed by atoms with E-state index in [1.807, 2.05) is 12.1 Å². The smallest absolute Gasteiger partial charge is 0.326 e. The molecule has 0 aliphatic carbocycles. The third-order valence-corrected chi connectivity index (χ3v) is 2.66. The average molecular weight is 250 g/mol. The number of amides is 1. The van der Waals surface area contributed by atoms with Gasteiger partial charge in [-0.15, -0.1) is 0 Å². The van der Waals surface area contributed by atoms with Crippen molar-refractivity contribution in [1.82, 2.24) is 5.32 Å². The summed E-state index contributed by atoms with van der Waals surface area (Å²) in [6.45, 7) is 1.72. The van der Waals surface area contributed by atoms with Crippen molar-refractivity contribution < 1.29 is 14.7 Å². The first kappa shape index (κ1) is 14.0. The number of carbonyl (C=O) groups is 2. The maximum Gasteiger partial charge on any atom is 0.326 e. The lowest BCUT2D eigenvalue weighted by atomic mass is 10.1. The molecule has 0 aliphatic heterocycles. The molecule has 0 saturated heterocycles. The van der Waals surface area contributed by atoms with Gasteiger partial charge in [0.15, 0.2) is 0 Å². The van der Waals surface area contributed by atoms with E-state index in [9.17, 15) is 9.59 Å². The molecule has 1 atom stereocenters. The van der Waals surface area contributed by atoms with Crippen LogP contribution in [0.1, 0.15) is 25.3 Å². The SMILES string of the molecule is CCC(NC(=O)CCc1ccc(N)cc1)C(=O)O. The molecule has 98 valence electrons.